The number of amides is 1. The Morgan fingerprint density at radius 1 is 1.07 bits per heavy atom. The zero-order valence-corrected chi connectivity index (χ0v) is 17.7. The number of carbonyl (C=O) groups is 1. The minimum absolute atomic E-state index is 0.0980. The third-order valence-electron chi connectivity index (χ3n) is 5.50. The summed E-state index contributed by atoms with van der Waals surface area (Å²) in [7, 11) is 0. The van der Waals surface area contributed by atoms with Gasteiger partial charge in [0.1, 0.15) is 0 Å². The molecule has 0 saturated carbocycles. The van der Waals surface area contributed by atoms with Gasteiger partial charge in [0.2, 0.25) is 5.91 Å². The van der Waals surface area contributed by atoms with E-state index in [1.165, 1.54) is 11.1 Å². The molecule has 3 nitrogen and oxygen atoms in total. The number of benzene rings is 2. The van der Waals surface area contributed by atoms with E-state index < -0.39 is 0 Å². The third-order valence-corrected chi connectivity index (χ3v) is 5.76. The first-order chi connectivity index (χ1) is 13.5. The van der Waals surface area contributed by atoms with Crippen molar-refractivity contribution in [2.45, 2.75) is 45.7 Å². The standard InChI is InChI=1S/C24H31ClN2O/c1-18(2)16-23(20-6-4-3-5-7-20)26-24(28)21-12-14-27(15-13-21)17-19-8-10-22(25)11-9-19/h3-11,18,21,23H,12-17H2,1-2H3,(H,26,28)/t23-/m0/s1. The molecular formula is C24H31ClN2O. The monoisotopic (exact) mass is 398 g/mol. The highest BCUT2D eigenvalue weighted by molar-refractivity contribution is 6.30. The predicted octanol–water partition coefficient (Wildman–Crippen LogP) is 5.46. The molecule has 1 aliphatic rings. The Bertz CT molecular complexity index is 737. The summed E-state index contributed by atoms with van der Waals surface area (Å²) in [5.41, 5.74) is 2.47. The average molecular weight is 399 g/mol. The van der Waals surface area contributed by atoms with Crippen molar-refractivity contribution in [1.82, 2.24) is 10.2 Å². The van der Waals surface area contributed by atoms with Crippen LogP contribution in [0.15, 0.2) is 54.6 Å². The van der Waals surface area contributed by atoms with E-state index in [0.717, 1.165) is 43.9 Å². The van der Waals surface area contributed by atoms with Crippen LogP contribution in [0.4, 0.5) is 0 Å². The van der Waals surface area contributed by atoms with Gasteiger partial charge >= 0.3 is 0 Å². The topological polar surface area (TPSA) is 32.3 Å². The number of carbonyl (C=O) groups excluding carboxylic acids is 1. The van der Waals surface area contributed by atoms with Gasteiger partial charge in [-0.2, -0.15) is 0 Å². The smallest absolute Gasteiger partial charge is 0.223 e. The molecule has 1 fully saturated rings. The first-order valence-electron chi connectivity index (χ1n) is 10.3. The lowest BCUT2D eigenvalue weighted by atomic mass is 9.93. The quantitative estimate of drug-likeness (QED) is 0.672. The fourth-order valence-corrected chi connectivity index (χ4v) is 4.05. The predicted molar refractivity (Wildman–Crippen MR) is 116 cm³/mol. The van der Waals surface area contributed by atoms with Crippen LogP contribution >= 0.6 is 11.6 Å². The van der Waals surface area contributed by atoms with Crippen LogP contribution in [0.1, 0.15) is 50.3 Å². The molecule has 1 saturated heterocycles. The van der Waals surface area contributed by atoms with Gasteiger partial charge in [0.15, 0.2) is 0 Å². The summed E-state index contributed by atoms with van der Waals surface area (Å²) in [6.07, 6.45) is 2.80. The van der Waals surface area contributed by atoms with Crippen LogP contribution in [0, 0.1) is 11.8 Å². The highest BCUT2D eigenvalue weighted by atomic mass is 35.5. The number of piperidine rings is 1. The summed E-state index contributed by atoms with van der Waals surface area (Å²) in [6, 6.07) is 18.5. The molecule has 1 atom stereocenters. The van der Waals surface area contributed by atoms with Crippen LogP contribution in [0.2, 0.25) is 5.02 Å². The Morgan fingerprint density at radius 2 is 1.71 bits per heavy atom. The zero-order chi connectivity index (χ0) is 19.9. The molecule has 2 aromatic rings. The molecule has 0 aliphatic carbocycles. The summed E-state index contributed by atoms with van der Waals surface area (Å²) in [4.78, 5) is 15.3. The van der Waals surface area contributed by atoms with Crippen LogP contribution in [0.5, 0.6) is 0 Å². The Kier molecular flexibility index (Phi) is 7.52. The SMILES string of the molecule is CC(C)C[C@H](NC(=O)C1CCN(Cc2ccc(Cl)cc2)CC1)c1ccccc1. The van der Waals surface area contributed by atoms with Crippen molar-refractivity contribution in [2.75, 3.05) is 13.1 Å². The Labute approximate surface area is 174 Å². The van der Waals surface area contributed by atoms with E-state index in [4.69, 9.17) is 11.6 Å². The largest absolute Gasteiger partial charge is 0.349 e. The minimum Gasteiger partial charge on any atom is -0.349 e. The van der Waals surface area contributed by atoms with Crippen LogP contribution in [0.25, 0.3) is 0 Å². The van der Waals surface area contributed by atoms with E-state index >= 15 is 0 Å². The fourth-order valence-electron chi connectivity index (χ4n) is 3.93. The molecule has 0 aromatic heterocycles. The number of hydrogen-bond donors (Lipinski definition) is 1. The van der Waals surface area contributed by atoms with E-state index in [9.17, 15) is 4.79 Å². The van der Waals surface area contributed by atoms with Crippen LogP contribution in [-0.4, -0.2) is 23.9 Å². The van der Waals surface area contributed by atoms with Crippen molar-refractivity contribution in [3.8, 4) is 0 Å². The second-order valence-electron chi connectivity index (χ2n) is 8.28. The van der Waals surface area contributed by atoms with Gasteiger partial charge < -0.3 is 5.32 Å². The maximum absolute atomic E-state index is 12.9. The molecule has 4 heteroatoms. The molecule has 0 radical (unpaired) electrons. The minimum atomic E-state index is 0.0980. The Balaban J connectivity index is 1.52. The Hall–Kier alpha value is -1.84. The number of rotatable bonds is 7. The highest BCUT2D eigenvalue weighted by Crippen LogP contribution is 2.24. The van der Waals surface area contributed by atoms with Gasteiger partial charge in [-0.15, -0.1) is 0 Å². The Morgan fingerprint density at radius 3 is 2.32 bits per heavy atom. The number of hydrogen-bond acceptors (Lipinski definition) is 2. The van der Waals surface area contributed by atoms with Crippen molar-refractivity contribution in [2.24, 2.45) is 11.8 Å². The fraction of sp³-hybridized carbons (Fsp3) is 0.458. The molecule has 1 amide bonds. The van der Waals surface area contributed by atoms with Gasteiger partial charge in [-0.05, 0) is 61.5 Å². The molecule has 28 heavy (non-hydrogen) atoms. The van der Waals surface area contributed by atoms with Crippen molar-refractivity contribution in [1.29, 1.82) is 0 Å². The second-order valence-corrected chi connectivity index (χ2v) is 8.71. The maximum atomic E-state index is 12.9. The van der Waals surface area contributed by atoms with Gasteiger partial charge in [-0.25, -0.2) is 0 Å². The second kappa shape index (κ2) is 10.1. The zero-order valence-electron chi connectivity index (χ0n) is 16.9. The van der Waals surface area contributed by atoms with E-state index in [2.05, 4.69) is 48.3 Å². The maximum Gasteiger partial charge on any atom is 0.223 e. The molecule has 1 N–H and O–H groups in total. The lowest BCUT2D eigenvalue weighted by molar-refractivity contribution is -0.127. The molecule has 150 valence electrons. The van der Waals surface area contributed by atoms with Gasteiger partial charge in [0.25, 0.3) is 0 Å². The summed E-state index contributed by atoms with van der Waals surface area (Å²) in [5.74, 6) is 0.854. The molecular weight excluding hydrogens is 368 g/mol. The van der Waals surface area contributed by atoms with Crippen molar-refractivity contribution < 1.29 is 4.79 Å². The molecule has 1 aliphatic heterocycles. The lowest BCUT2D eigenvalue weighted by Gasteiger charge is -2.32. The molecule has 0 unspecified atom stereocenters. The lowest BCUT2D eigenvalue weighted by Crippen LogP contribution is -2.41. The van der Waals surface area contributed by atoms with Crippen molar-refractivity contribution in [3.05, 3.63) is 70.7 Å². The van der Waals surface area contributed by atoms with E-state index in [1.807, 2.05) is 30.3 Å². The van der Waals surface area contributed by atoms with Crippen molar-refractivity contribution in [3.63, 3.8) is 0 Å². The van der Waals surface area contributed by atoms with Crippen molar-refractivity contribution >= 4 is 17.5 Å². The van der Waals surface area contributed by atoms with E-state index in [1.54, 1.807) is 0 Å². The van der Waals surface area contributed by atoms with Gasteiger partial charge in [0, 0.05) is 17.5 Å². The molecule has 1 heterocycles. The average Bonchev–Trinajstić information content (AvgIpc) is 2.70. The number of nitrogens with zero attached hydrogens (tertiary/aromatic N) is 1. The first kappa shape index (κ1) is 20.9. The van der Waals surface area contributed by atoms with Crippen LogP contribution in [0.3, 0.4) is 0 Å². The van der Waals surface area contributed by atoms with Gasteiger partial charge in [-0.1, -0.05) is 67.9 Å². The van der Waals surface area contributed by atoms with E-state index in [-0.39, 0.29) is 17.9 Å². The molecule has 3 rings (SSSR count). The number of halogens is 1. The molecule has 0 bridgehead atoms. The number of likely N-dealkylation sites (tertiary alicyclic amines) is 1. The van der Waals surface area contributed by atoms with E-state index in [0.29, 0.717) is 5.92 Å². The first-order valence-corrected chi connectivity index (χ1v) is 10.7. The molecule has 2 aromatic carbocycles. The van der Waals surface area contributed by atoms with Crippen LogP contribution < -0.4 is 5.32 Å². The summed E-state index contributed by atoms with van der Waals surface area (Å²) in [5, 5.41) is 4.10. The normalized spacial score (nSPS) is 16.9. The summed E-state index contributed by atoms with van der Waals surface area (Å²) >= 11 is 5.97. The third kappa shape index (κ3) is 6.08. The van der Waals surface area contributed by atoms with Crippen LogP contribution in [-0.2, 0) is 11.3 Å². The van der Waals surface area contributed by atoms with Gasteiger partial charge in [-0.3, -0.25) is 9.69 Å². The number of nitrogens with one attached hydrogen (secondary N) is 1. The highest BCUT2D eigenvalue weighted by Gasteiger charge is 2.27. The van der Waals surface area contributed by atoms with Gasteiger partial charge in [0.05, 0.1) is 6.04 Å². The molecule has 0 spiro atoms. The summed E-state index contributed by atoms with van der Waals surface area (Å²) in [6.45, 7) is 7.25. The summed E-state index contributed by atoms with van der Waals surface area (Å²) < 4.78 is 0.